The Hall–Kier alpha value is 0.177. The number of unbranched alkanes of at least 4 members (excludes halogenated alkanes) is 7. The topological polar surface area (TPSA) is 20.2 Å². The quantitative estimate of drug-likeness (QED) is 0.436. The molecule has 0 aromatic carbocycles. The second kappa shape index (κ2) is 11.2. The highest BCUT2D eigenvalue weighted by atomic mass is 28.2. The zero-order valence-electron chi connectivity index (χ0n) is 8.52. The Morgan fingerprint density at radius 2 is 1.33 bits per heavy atom. The van der Waals surface area contributed by atoms with Crippen molar-refractivity contribution in [2.24, 2.45) is 0 Å². The molecule has 74 valence electrons. The Morgan fingerprint density at radius 3 is 1.83 bits per heavy atom. The molecule has 0 atom stereocenters. The van der Waals surface area contributed by atoms with E-state index >= 15 is 0 Å². The molecule has 0 rings (SSSR count). The average Bonchev–Trinajstić information content (AvgIpc) is 2.10. The summed E-state index contributed by atoms with van der Waals surface area (Å²) in [7, 11) is -0.634. The van der Waals surface area contributed by atoms with Gasteiger partial charge in [-0.15, -0.1) is 0 Å². The van der Waals surface area contributed by atoms with Gasteiger partial charge in [-0.3, -0.25) is 0 Å². The summed E-state index contributed by atoms with van der Waals surface area (Å²) in [4.78, 5) is 8.68. The van der Waals surface area contributed by atoms with Crippen LogP contribution in [0.25, 0.3) is 0 Å². The van der Waals surface area contributed by atoms with Gasteiger partial charge in [0, 0.05) is 0 Å². The third-order valence-electron chi connectivity index (χ3n) is 2.26. The van der Waals surface area contributed by atoms with E-state index in [1.165, 1.54) is 51.4 Å². The first-order valence-electron chi connectivity index (χ1n) is 5.52. The Kier molecular flexibility index (Phi) is 11.3. The van der Waals surface area contributed by atoms with Crippen LogP contribution in [0.2, 0.25) is 6.04 Å². The first-order valence-corrected chi connectivity index (χ1v) is 7.16. The highest BCUT2D eigenvalue weighted by Gasteiger charge is 1.90. The molecule has 12 heavy (non-hydrogen) atoms. The van der Waals surface area contributed by atoms with Crippen LogP contribution in [0.3, 0.4) is 0 Å². The van der Waals surface area contributed by atoms with E-state index in [1.807, 2.05) is 0 Å². The molecule has 0 aliphatic heterocycles. The molecule has 0 aliphatic rings. The molecule has 0 bridgehead atoms. The summed E-state index contributed by atoms with van der Waals surface area (Å²) in [5.41, 5.74) is 0. The van der Waals surface area contributed by atoms with E-state index in [4.69, 9.17) is 4.80 Å². The van der Waals surface area contributed by atoms with Crippen LogP contribution in [0.1, 0.15) is 58.3 Å². The van der Waals surface area contributed by atoms with Gasteiger partial charge in [0.2, 0.25) is 0 Å². The van der Waals surface area contributed by atoms with Crippen molar-refractivity contribution in [1.82, 2.24) is 0 Å². The predicted molar refractivity (Wildman–Crippen MR) is 58.2 cm³/mol. The Balaban J connectivity index is 2.73. The van der Waals surface area contributed by atoms with Crippen molar-refractivity contribution < 1.29 is 4.80 Å². The molecular formula is C10H24OSi. The standard InChI is InChI=1S/C10H24OSi/c1-2-3-4-5-6-7-8-9-10-12-11/h11H,2-10,12H2,1H3. The fourth-order valence-corrected chi connectivity index (χ4v) is 2.00. The van der Waals surface area contributed by atoms with Gasteiger partial charge < -0.3 is 4.80 Å². The molecule has 1 N–H and O–H groups in total. The normalized spacial score (nSPS) is 11.5. The van der Waals surface area contributed by atoms with Crippen molar-refractivity contribution >= 4 is 9.76 Å². The summed E-state index contributed by atoms with van der Waals surface area (Å²) in [5.74, 6) is 0. The fourth-order valence-electron chi connectivity index (χ4n) is 1.42. The summed E-state index contributed by atoms with van der Waals surface area (Å²) >= 11 is 0. The highest BCUT2D eigenvalue weighted by Crippen LogP contribution is 2.08. The van der Waals surface area contributed by atoms with E-state index in [1.54, 1.807) is 0 Å². The number of hydrogen-bond donors (Lipinski definition) is 1. The van der Waals surface area contributed by atoms with E-state index in [0.29, 0.717) is 0 Å². The Bertz CT molecular complexity index is 66.2. The lowest BCUT2D eigenvalue weighted by Gasteiger charge is -1.99. The molecule has 2 heteroatoms. The fraction of sp³-hybridized carbons (Fsp3) is 1.00. The minimum Gasteiger partial charge on any atom is -0.438 e. The van der Waals surface area contributed by atoms with Crippen molar-refractivity contribution in [2.75, 3.05) is 0 Å². The summed E-state index contributed by atoms with van der Waals surface area (Å²) < 4.78 is 0. The van der Waals surface area contributed by atoms with Crippen molar-refractivity contribution in [3.63, 3.8) is 0 Å². The van der Waals surface area contributed by atoms with E-state index in [-0.39, 0.29) is 0 Å². The minimum absolute atomic E-state index is 0.634. The lowest BCUT2D eigenvalue weighted by molar-refractivity contribution is 0.568. The molecule has 0 fully saturated rings. The summed E-state index contributed by atoms with van der Waals surface area (Å²) in [5, 5.41) is 0. The van der Waals surface area contributed by atoms with Crippen LogP contribution in [0.4, 0.5) is 0 Å². The van der Waals surface area contributed by atoms with Crippen LogP contribution in [0.5, 0.6) is 0 Å². The van der Waals surface area contributed by atoms with Crippen molar-refractivity contribution in [3.8, 4) is 0 Å². The second-order valence-electron chi connectivity index (χ2n) is 3.55. The van der Waals surface area contributed by atoms with Gasteiger partial charge >= 0.3 is 0 Å². The van der Waals surface area contributed by atoms with E-state index in [2.05, 4.69) is 6.92 Å². The van der Waals surface area contributed by atoms with E-state index in [9.17, 15) is 0 Å². The molecule has 0 spiro atoms. The molecule has 1 nitrogen and oxygen atoms in total. The smallest absolute Gasteiger partial charge is 0.156 e. The van der Waals surface area contributed by atoms with Gasteiger partial charge in [0.25, 0.3) is 0 Å². The van der Waals surface area contributed by atoms with Gasteiger partial charge in [-0.2, -0.15) is 0 Å². The summed E-state index contributed by atoms with van der Waals surface area (Å²) in [6.45, 7) is 2.26. The van der Waals surface area contributed by atoms with Crippen molar-refractivity contribution in [2.45, 2.75) is 64.3 Å². The minimum atomic E-state index is -0.634. The van der Waals surface area contributed by atoms with Crippen LogP contribution in [0.15, 0.2) is 0 Å². The molecular weight excluding hydrogens is 164 g/mol. The maximum atomic E-state index is 8.68. The number of rotatable bonds is 9. The SMILES string of the molecule is CCCCCCCCCC[SiH2]O. The van der Waals surface area contributed by atoms with Crippen LogP contribution in [-0.2, 0) is 0 Å². The van der Waals surface area contributed by atoms with Gasteiger partial charge in [-0.05, 0) is 6.04 Å². The van der Waals surface area contributed by atoms with Gasteiger partial charge in [-0.25, -0.2) is 0 Å². The van der Waals surface area contributed by atoms with E-state index < -0.39 is 9.76 Å². The summed E-state index contributed by atoms with van der Waals surface area (Å²) in [6.07, 6.45) is 11.0. The molecule has 0 saturated carbocycles. The molecule has 0 radical (unpaired) electrons. The summed E-state index contributed by atoms with van der Waals surface area (Å²) in [6, 6.07) is 1.13. The zero-order chi connectivity index (χ0) is 9.07. The second-order valence-corrected chi connectivity index (χ2v) is 4.71. The van der Waals surface area contributed by atoms with E-state index in [0.717, 1.165) is 6.04 Å². The Morgan fingerprint density at radius 1 is 0.833 bits per heavy atom. The molecule has 0 aromatic rings. The highest BCUT2D eigenvalue weighted by molar-refractivity contribution is 6.25. The largest absolute Gasteiger partial charge is 0.438 e. The van der Waals surface area contributed by atoms with Crippen LogP contribution < -0.4 is 0 Å². The first kappa shape index (κ1) is 12.2. The van der Waals surface area contributed by atoms with Crippen LogP contribution >= 0.6 is 0 Å². The molecule has 0 saturated heterocycles. The molecule has 0 aromatic heterocycles. The van der Waals surface area contributed by atoms with Gasteiger partial charge in [0.1, 0.15) is 0 Å². The average molecular weight is 188 g/mol. The predicted octanol–water partition coefficient (Wildman–Crippen LogP) is 2.62. The molecule has 0 unspecified atom stereocenters. The molecule has 0 aliphatic carbocycles. The first-order chi connectivity index (χ1) is 5.91. The van der Waals surface area contributed by atoms with Gasteiger partial charge in [0.05, 0.1) is 0 Å². The van der Waals surface area contributed by atoms with Gasteiger partial charge in [0.15, 0.2) is 9.76 Å². The monoisotopic (exact) mass is 188 g/mol. The third-order valence-corrected chi connectivity index (χ3v) is 3.08. The maximum Gasteiger partial charge on any atom is 0.156 e. The van der Waals surface area contributed by atoms with Crippen molar-refractivity contribution in [3.05, 3.63) is 0 Å². The van der Waals surface area contributed by atoms with Gasteiger partial charge in [-0.1, -0.05) is 58.3 Å². The lowest BCUT2D eigenvalue weighted by atomic mass is 10.1. The number of hydrogen-bond acceptors (Lipinski definition) is 1. The molecule has 0 heterocycles. The lowest BCUT2D eigenvalue weighted by Crippen LogP contribution is -1.86. The van der Waals surface area contributed by atoms with Crippen molar-refractivity contribution in [1.29, 1.82) is 0 Å². The Labute approximate surface area is 79.5 Å². The van der Waals surface area contributed by atoms with Crippen LogP contribution in [-0.4, -0.2) is 14.6 Å². The zero-order valence-corrected chi connectivity index (χ0v) is 9.93. The third kappa shape index (κ3) is 10.2. The molecule has 0 amide bonds. The van der Waals surface area contributed by atoms with Crippen LogP contribution in [0, 0.1) is 0 Å². The maximum absolute atomic E-state index is 8.68.